The van der Waals surface area contributed by atoms with Gasteiger partial charge in [-0.3, -0.25) is 4.79 Å². The number of nitrogens with one attached hydrogen (secondary N) is 2. The van der Waals surface area contributed by atoms with Gasteiger partial charge in [0.1, 0.15) is 0 Å². The molecule has 1 aromatic carbocycles. The first kappa shape index (κ1) is 15.3. The maximum atomic E-state index is 11.9. The topological polar surface area (TPSA) is 75.3 Å². The molecule has 6 heteroatoms. The zero-order chi connectivity index (χ0) is 15.3. The van der Waals surface area contributed by atoms with E-state index in [1.807, 2.05) is 0 Å². The van der Waals surface area contributed by atoms with E-state index in [9.17, 15) is 13.2 Å². The van der Waals surface area contributed by atoms with E-state index >= 15 is 0 Å². The lowest BCUT2D eigenvalue weighted by atomic mass is 10.2. The van der Waals surface area contributed by atoms with E-state index < -0.39 is 9.84 Å². The van der Waals surface area contributed by atoms with E-state index in [2.05, 4.69) is 10.6 Å². The molecule has 21 heavy (non-hydrogen) atoms. The van der Waals surface area contributed by atoms with Crippen molar-refractivity contribution in [3.63, 3.8) is 0 Å². The molecule has 5 nitrogen and oxygen atoms in total. The van der Waals surface area contributed by atoms with Gasteiger partial charge in [-0.2, -0.15) is 0 Å². The smallest absolute Gasteiger partial charge is 0.249 e. The van der Waals surface area contributed by atoms with Crippen molar-refractivity contribution in [3.8, 4) is 0 Å². The van der Waals surface area contributed by atoms with E-state index in [1.54, 1.807) is 49.5 Å². The third-order valence-electron chi connectivity index (χ3n) is 3.21. The van der Waals surface area contributed by atoms with Crippen molar-refractivity contribution in [2.45, 2.75) is 18.4 Å². The number of carbonyl (C=O) groups excluding carboxylic acids is 1. The van der Waals surface area contributed by atoms with Crippen LogP contribution in [0.4, 0.5) is 0 Å². The Bertz CT molecular complexity index is 673. The van der Waals surface area contributed by atoms with Gasteiger partial charge in [0.25, 0.3) is 0 Å². The predicted molar refractivity (Wildman–Crippen MR) is 81.2 cm³/mol. The van der Waals surface area contributed by atoms with Gasteiger partial charge in [0, 0.05) is 18.7 Å². The van der Waals surface area contributed by atoms with Gasteiger partial charge < -0.3 is 10.6 Å². The Kier molecular flexibility index (Phi) is 4.80. The minimum absolute atomic E-state index is 0.0811. The lowest BCUT2D eigenvalue weighted by Gasteiger charge is -2.11. The van der Waals surface area contributed by atoms with Crippen LogP contribution in [0.1, 0.15) is 12.5 Å². The largest absolute Gasteiger partial charge is 0.387 e. The summed E-state index contributed by atoms with van der Waals surface area (Å²) in [5, 5.41) is 5.78. The number of dihydropyridines is 1. The molecule has 0 atom stereocenters. The lowest BCUT2D eigenvalue weighted by Crippen LogP contribution is -2.29. The average Bonchev–Trinajstić information content (AvgIpc) is 2.54. The number of rotatable bonds is 5. The molecule has 0 aliphatic carbocycles. The van der Waals surface area contributed by atoms with Crippen LogP contribution >= 0.6 is 0 Å². The zero-order valence-electron chi connectivity index (χ0n) is 11.8. The minimum atomic E-state index is -3.18. The molecule has 0 aromatic heterocycles. The molecule has 0 saturated carbocycles. The molecule has 1 aliphatic heterocycles. The summed E-state index contributed by atoms with van der Waals surface area (Å²) in [6.07, 6.45) is 5.33. The normalized spacial score (nSPS) is 14.2. The van der Waals surface area contributed by atoms with Gasteiger partial charge in [-0.25, -0.2) is 8.42 Å². The number of hydrogen-bond acceptors (Lipinski definition) is 4. The fourth-order valence-corrected chi connectivity index (χ4v) is 2.78. The quantitative estimate of drug-likeness (QED) is 0.855. The number of amides is 1. The molecular formula is C15H18N2O3S. The van der Waals surface area contributed by atoms with E-state index in [0.29, 0.717) is 23.6 Å². The SMILES string of the molecule is CCS(=O)(=O)c1ccc(CNC(=O)C2=CC=CNC2)cc1. The zero-order valence-corrected chi connectivity index (χ0v) is 12.6. The molecule has 0 radical (unpaired) electrons. The van der Waals surface area contributed by atoms with E-state index in [0.717, 1.165) is 5.56 Å². The highest BCUT2D eigenvalue weighted by Gasteiger charge is 2.12. The van der Waals surface area contributed by atoms with Crippen LogP contribution in [-0.2, 0) is 21.2 Å². The molecule has 1 amide bonds. The van der Waals surface area contributed by atoms with Gasteiger partial charge in [0.15, 0.2) is 9.84 Å². The van der Waals surface area contributed by atoms with Gasteiger partial charge >= 0.3 is 0 Å². The van der Waals surface area contributed by atoms with Crippen LogP contribution < -0.4 is 10.6 Å². The standard InChI is InChI=1S/C15H18N2O3S/c1-2-21(19,20)14-7-5-12(6-8-14)10-17-15(18)13-4-3-9-16-11-13/h3-9,16H,2,10-11H2,1H3,(H,17,18). The minimum Gasteiger partial charge on any atom is -0.387 e. The molecule has 0 spiro atoms. The predicted octanol–water partition coefficient (Wildman–Crippen LogP) is 1.14. The van der Waals surface area contributed by atoms with Crippen LogP contribution in [0.15, 0.2) is 53.1 Å². The second-order valence-corrected chi connectivity index (χ2v) is 6.94. The van der Waals surface area contributed by atoms with E-state index in [1.165, 1.54) is 0 Å². The van der Waals surface area contributed by atoms with Crippen molar-refractivity contribution >= 4 is 15.7 Å². The molecule has 0 saturated heterocycles. The Morgan fingerprint density at radius 2 is 2.00 bits per heavy atom. The summed E-state index contributed by atoms with van der Waals surface area (Å²) in [6, 6.07) is 6.58. The highest BCUT2D eigenvalue weighted by molar-refractivity contribution is 7.91. The molecule has 0 fully saturated rings. The summed E-state index contributed by atoms with van der Waals surface area (Å²) in [5.41, 5.74) is 1.53. The second-order valence-electron chi connectivity index (χ2n) is 4.66. The van der Waals surface area contributed by atoms with Crippen molar-refractivity contribution in [3.05, 3.63) is 53.8 Å². The third kappa shape index (κ3) is 3.95. The van der Waals surface area contributed by atoms with Crippen LogP contribution in [0, 0.1) is 0 Å². The number of allylic oxidation sites excluding steroid dienone is 2. The van der Waals surface area contributed by atoms with Gasteiger partial charge in [0.05, 0.1) is 10.6 Å². The molecule has 112 valence electrons. The van der Waals surface area contributed by atoms with E-state index in [4.69, 9.17) is 0 Å². The summed E-state index contributed by atoms with van der Waals surface area (Å²) in [5.74, 6) is -0.0466. The van der Waals surface area contributed by atoms with Gasteiger partial charge in [-0.1, -0.05) is 25.1 Å². The number of sulfone groups is 1. The Morgan fingerprint density at radius 3 is 2.57 bits per heavy atom. The highest BCUT2D eigenvalue weighted by atomic mass is 32.2. The molecule has 1 heterocycles. The summed E-state index contributed by atoms with van der Waals surface area (Å²) >= 11 is 0. The van der Waals surface area contributed by atoms with Crippen molar-refractivity contribution in [2.24, 2.45) is 0 Å². The fraction of sp³-hybridized carbons (Fsp3) is 0.267. The maximum absolute atomic E-state index is 11.9. The van der Waals surface area contributed by atoms with Crippen molar-refractivity contribution in [2.75, 3.05) is 12.3 Å². The van der Waals surface area contributed by atoms with Crippen LogP contribution in [0.3, 0.4) is 0 Å². The Balaban J connectivity index is 1.97. The maximum Gasteiger partial charge on any atom is 0.249 e. The van der Waals surface area contributed by atoms with Crippen LogP contribution in [-0.4, -0.2) is 26.6 Å². The summed E-state index contributed by atoms with van der Waals surface area (Å²) in [6.45, 7) is 2.49. The van der Waals surface area contributed by atoms with Crippen LogP contribution in [0.25, 0.3) is 0 Å². The van der Waals surface area contributed by atoms with Crippen molar-refractivity contribution in [1.29, 1.82) is 0 Å². The van der Waals surface area contributed by atoms with Crippen LogP contribution in [0.2, 0.25) is 0 Å². The Labute approximate surface area is 124 Å². The number of hydrogen-bond donors (Lipinski definition) is 2. The van der Waals surface area contributed by atoms with Gasteiger partial charge in [-0.15, -0.1) is 0 Å². The first-order valence-corrected chi connectivity index (χ1v) is 8.37. The summed E-state index contributed by atoms with van der Waals surface area (Å²) in [7, 11) is -3.18. The molecule has 0 bridgehead atoms. The first-order chi connectivity index (χ1) is 10.0. The third-order valence-corrected chi connectivity index (χ3v) is 4.96. The molecule has 2 rings (SSSR count). The second kappa shape index (κ2) is 6.58. The van der Waals surface area contributed by atoms with Crippen molar-refractivity contribution in [1.82, 2.24) is 10.6 Å². The molecule has 1 aliphatic rings. The Morgan fingerprint density at radius 1 is 1.29 bits per heavy atom. The summed E-state index contributed by atoms with van der Waals surface area (Å²) in [4.78, 5) is 12.2. The monoisotopic (exact) mass is 306 g/mol. The van der Waals surface area contributed by atoms with E-state index in [-0.39, 0.29) is 11.7 Å². The molecule has 1 aromatic rings. The summed E-state index contributed by atoms with van der Waals surface area (Å²) < 4.78 is 23.4. The fourth-order valence-electron chi connectivity index (χ4n) is 1.89. The van der Waals surface area contributed by atoms with Crippen LogP contribution in [0.5, 0.6) is 0 Å². The molecule has 0 unspecified atom stereocenters. The molecule has 2 N–H and O–H groups in total. The average molecular weight is 306 g/mol. The molecular weight excluding hydrogens is 288 g/mol. The number of benzene rings is 1. The van der Waals surface area contributed by atoms with Gasteiger partial charge in [0.2, 0.25) is 5.91 Å². The Hall–Kier alpha value is -2.08. The van der Waals surface area contributed by atoms with Crippen molar-refractivity contribution < 1.29 is 13.2 Å². The first-order valence-electron chi connectivity index (χ1n) is 6.72. The highest BCUT2D eigenvalue weighted by Crippen LogP contribution is 2.12. The lowest BCUT2D eigenvalue weighted by molar-refractivity contribution is -0.117. The number of carbonyl (C=O) groups is 1. The van der Waals surface area contributed by atoms with Gasteiger partial charge in [-0.05, 0) is 30.0 Å².